The minimum Gasteiger partial charge on any atom is -0.344 e. The number of carbonyl (C=O) groups is 6. The molecule has 1 saturated carbocycles. The number of Topliss-reactive ketones (excluding diaryl/α,β-unsaturated/α-hetero) is 1. The molecule has 1 saturated heterocycles. The molecule has 13 nitrogen and oxygen atoms in total. The van der Waals surface area contributed by atoms with Crippen LogP contribution in [0.15, 0.2) is 31.4 Å². The summed E-state index contributed by atoms with van der Waals surface area (Å²) < 4.78 is 0. The van der Waals surface area contributed by atoms with Gasteiger partial charge in [0.1, 0.15) is 23.8 Å². The number of hydrogen-bond acceptors (Lipinski definition) is 8. The Labute approximate surface area is 252 Å². The molecule has 2 aliphatic rings. The predicted octanol–water partition coefficient (Wildman–Crippen LogP) is 1.01. The number of nitrogens with zero attached hydrogens (tertiary/aromatic N) is 3. The van der Waals surface area contributed by atoms with Crippen molar-refractivity contribution >= 4 is 35.3 Å². The van der Waals surface area contributed by atoms with Gasteiger partial charge in [-0.05, 0) is 43.2 Å². The van der Waals surface area contributed by atoms with Crippen LogP contribution in [0.2, 0.25) is 0 Å². The van der Waals surface area contributed by atoms with Crippen LogP contribution in [0, 0.1) is 11.3 Å². The number of aromatic nitrogens is 2. The predicted molar refractivity (Wildman–Crippen MR) is 157 cm³/mol. The largest absolute Gasteiger partial charge is 0.344 e. The van der Waals surface area contributed by atoms with Gasteiger partial charge in [-0.3, -0.25) is 33.8 Å². The highest BCUT2D eigenvalue weighted by Gasteiger charge is 2.46. The Morgan fingerprint density at radius 2 is 1.72 bits per heavy atom. The van der Waals surface area contributed by atoms with Crippen LogP contribution in [0.5, 0.6) is 0 Å². The van der Waals surface area contributed by atoms with Gasteiger partial charge in [0, 0.05) is 18.9 Å². The molecule has 234 valence electrons. The van der Waals surface area contributed by atoms with E-state index in [4.69, 9.17) is 0 Å². The van der Waals surface area contributed by atoms with E-state index in [9.17, 15) is 28.8 Å². The fourth-order valence-electron chi connectivity index (χ4n) is 5.41. The Hall–Kier alpha value is -4.16. The Morgan fingerprint density at radius 3 is 2.26 bits per heavy atom. The molecular formula is C30H43N7O6. The summed E-state index contributed by atoms with van der Waals surface area (Å²) >= 11 is 0. The standard InChI is InChI=1S/C30H43N7O6/c1-6-19(23(38)28(42)32-7-2)34-26(40)21-13-16-37(21)29(43)24(30(3,4)5)36-27(41)22(18-11-9-8-10-12-18)35-25(39)20-17-31-14-15-33-20/h7,14-15,17-19,21-22,24H,2,6,8-13,16H2,1,3-5H3,(H,32,42)(H,34,40)(H,35,39)(H,36,41)/t19?,21?,22-,24+/m0/s1. The monoisotopic (exact) mass is 597 g/mol. The number of amides is 5. The molecule has 4 atom stereocenters. The van der Waals surface area contributed by atoms with Gasteiger partial charge >= 0.3 is 0 Å². The molecule has 1 aliphatic carbocycles. The van der Waals surface area contributed by atoms with Gasteiger partial charge in [0.05, 0.1) is 12.2 Å². The number of ketones is 1. The molecule has 2 heterocycles. The summed E-state index contributed by atoms with van der Waals surface area (Å²) in [6.07, 6.45) is 10.2. The van der Waals surface area contributed by atoms with Crippen molar-refractivity contribution in [2.24, 2.45) is 11.3 Å². The van der Waals surface area contributed by atoms with Crippen LogP contribution < -0.4 is 21.3 Å². The fraction of sp³-hybridized carbons (Fsp3) is 0.600. The average molecular weight is 598 g/mol. The zero-order valence-corrected chi connectivity index (χ0v) is 25.4. The van der Waals surface area contributed by atoms with E-state index in [2.05, 4.69) is 37.8 Å². The van der Waals surface area contributed by atoms with Crippen molar-refractivity contribution in [1.29, 1.82) is 0 Å². The van der Waals surface area contributed by atoms with E-state index in [-0.39, 0.29) is 24.6 Å². The van der Waals surface area contributed by atoms with Crippen LogP contribution >= 0.6 is 0 Å². The van der Waals surface area contributed by atoms with Gasteiger partial charge in [0.15, 0.2) is 0 Å². The van der Waals surface area contributed by atoms with Crippen LogP contribution in [0.25, 0.3) is 0 Å². The molecule has 3 rings (SSSR count). The lowest BCUT2D eigenvalue weighted by atomic mass is 9.81. The van der Waals surface area contributed by atoms with E-state index in [1.807, 2.05) is 20.8 Å². The van der Waals surface area contributed by atoms with E-state index in [0.717, 1.165) is 38.3 Å². The van der Waals surface area contributed by atoms with Crippen molar-refractivity contribution in [2.75, 3.05) is 6.54 Å². The van der Waals surface area contributed by atoms with Crippen molar-refractivity contribution in [3.8, 4) is 0 Å². The van der Waals surface area contributed by atoms with Gasteiger partial charge in [-0.2, -0.15) is 0 Å². The molecule has 43 heavy (non-hydrogen) atoms. The molecule has 0 aromatic carbocycles. The Morgan fingerprint density at radius 1 is 1.02 bits per heavy atom. The zero-order valence-electron chi connectivity index (χ0n) is 25.4. The maximum atomic E-state index is 13.8. The topological polar surface area (TPSA) is 180 Å². The highest BCUT2D eigenvalue weighted by atomic mass is 16.2. The summed E-state index contributed by atoms with van der Waals surface area (Å²) in [6.45, 7) is 10.7. The van der Waals surface area contributed by atoms with E-state index < -0.39 is 64.9 Å². The summed E-state index contributed by atoms with van der Waals surface area (Å²) in [7, 11) is 0. The molecule has 2 unspecified atom stereocenters. The third-order valence-electron chi connectivity index (χ3n) is 7.99. The normalized spacial score (nSPS) is 19.1. The van der Waals surface area contributed by atoms with Gasteiger partial charge < -0.3 is 26.2 Å². The number of nitrogens with one attached hydrogen (secondary N) is 4. The van der Waals surface area contributed by atoms with Gasteiger partial charge in [0.2, 0.25) is 23.5 Å². The van der Waals surface area contributed by atoms with Gasteiger partial charge in [-0.25, -0.2) is 4.98 Å². The number of likely N-dealkylation sites (tertiary alicyclic amines) is 1. The highest BCUT2D eigenvalue weighted by Crippen LogP contribution is 2.29. The summed E-state index contributed by atoms with van der Waals surface area (Å²) in [5, 5.41) is 10.5. The van der Waals surface area contributed by atoms with Crippen LogP contribution in [0.1, 0.15) is 83.1 Å². The van der Waals surface area contributed by atoms with Gasteiger partial charge in [-0.1, -0.05) is 53.5 Å². The van der Waals surface area contributed by atoms with Crippen molar-refractivity contribution in [1.82, 2.24) is 36.1 Å². The number of rotatable bonds is 12. The smallest absolute Gasteiger partial charge is 0.293 e. The van der Waals surface area contributed by atoms with E-state index in [0.29, 0.717) is 6.42 Å². The summed E-state index contributed by atoms with van der Waals surface area (Å²) in [5.41, 5.74) is -0.653. The van der Waals surface area contributed by atoms with Crippen LogP contribution in [0.4, 0.5) is 0 Å². The van der Waals surface area contributed by atoms with Crippen molar-refractivity contribution in [2.45, 2.75) is 96.8 Å². The van der Waals surface area contributed by atoms with Crippen LogP contribution in [-0.4, -0.2) is 80.9 Å². The highest BCUT2D eigenvalue weighted by molar-refractivity contribution is 6.38. The van der Waals surface area contributed by atoms with Crippen molar-refractivity contribution in [3.63, 3.8) is 0 Å². The summed E-state index contributed by atoms with van der Waals surface area (Å²) in [4.78, 5) is 87.4. The minimum atomic E-state index is -1.06. The third-order valence-corrected chi connectivity index (χ3v) is 7.99. The van der Waals surface area contributed by atoms with E-state index >= 15 is 0 Å². The third kappa shape index (κ3) is 8.45. The molecule has 0 spiro atoms. The molecule has 1 aromatic heterocycles. The Balaban J connectivity index is 1.75. The minimum absolute atomic E-state index is 0.0832. The SMILES string of the molecule is C=CNC(=O)C(=O)C(CC)NC(=O)C1CCN1C(=O)[C@@H](NC(=O)[C@@H](NC(=O)c1cnccn1)C1CCCCC1)C(C)(C)C. The van der Waals surface area contributed by atoms with Gasteiger partial charge in [-0.15, -0.1) is 0 Å². The molecule has 1 aliphatic heterocycles. The molecule has 1 aromatic rings. The molecule has 13 heteroatoms. The molecule has 0 radical (unpaired) electrons. The Bertz CT molecular complexity index is 1210. The molecule has 0 bridgehead atoms. The lowest BCUT2D eigenvalue weighted by Gasteiger charge is -2.44. The Kier molecular flexibility index (Phi) is 11.5. The molecular weight excluding hydrogens is 554 g/mol. The van der Waals surface area contributed by atoms with Gasteiger partial charge in [0.25, 0.3) is 11.8 Å². The van der Waals surface area contributed by atoms with E-state index in [1.165, 1.54) is 23.5 Å². The number of carbonyl (C=O) groups excluding carboxylic acids is 6. The first kappa shape index (κ1) is 33.3. The maximum absolute atomic E-state index is 13.8. The second-order valence-electron chi connectivity index (χ2n) is 12.1. The van der Waals surface area contributed by atoms with Crippen LogP contribution in [0.3, 0.4) is 0 Å². The fourth-order valence-corrected chi connectivity index (χ4v) is 5.41. The summed E-state index contributed by atoms with van der Waals surface area (Å²) in [5.74, 6) is -3.83. The first-order valence-corrected chi connectivity index (χ1v) is 14.8. The zero-order chi connectivity index (χ0) is 31.7. The number of hydrogen-bond donors (Lipinski definition) is 4. The second-order valence-corrected chi connectivity index (χ2v) is 12.1. The molecule has 4 N–H and O–H groups in total. The maximum Gasteiger partial charge on any atom is 0.293 e. The lowest BCUT2D eigenvalue weighted by molar-refractivity contribution is -0.153. The quantitative estimate of drug-likeness (QED) is 0.258. The van der Waals surface area contributed by atoms with Crippen molar-refractivity contribution < 1.29 is 28.8 Å². The average Bonchev–Trinajstić information content (AvgIpc) is 2.96. The van der Waals surface area contributed by atoms with Crippen LogP contribution in [-0.2, 0) is 24.0 Å². The molecule has 2 fully saturated rings. The molecule has 5 amide bonds. The first-order chi connectivity index (χ1) is 20.4. The second kappa shape index (κ2) is 14.8. The lowest BCUT2D eigenvalue weighted by Crippen LogP contribution is -2.66. The summed E-state index contributed by atoms with van der Waals surface area (Å²) in [6, 6.07) is -3.81. The first-order valence-electron chi connectivity index (χ1n) is 14.8. The van der Waals surface area contributed by atoms with E-state index in [1.54, 1.807) is 6.92 Å². The van der Waals surface area contributed by atoms with Crippen molar-refractivity contribution in [3.05, 3.63) is 37.1 Å².